The zero-order valence-corrected chi connectivity index (χ0v) is 5.50. The maximum absolute atomic E-state index is 9.75. The molecule has 0 spiro atoms. The Morgan fingerprint density at radius 2 is 0.889 bits per heavy atom. The first-order valence-electron chi connectivity index (χ1n) is 2.10. The topological polar surface area (TPSA) is 2.70 Å². The van der Waals surface area contributed by atoms with Gasteiger partial charge in [-0.25, -0.2) is 0 Å². The Kier molecular flexibility index (Phi) is 5.90. The van der Waals surface area contributed by atoms with E-state index in [1.807, 2.05) is 21.3 Å². The van der Waals surface area contributed by atoms with Crippen LogP contribution in [-0.2, 0) is 4.37 Å². The van der Waals surface area contributed by atoms with E-state index in [-0.39, 0.29) is 0 Å². The van der Waals surface area contributed by atoms with Gasteiger partial charge in [-0.1, -0.05) is 0 Å². The van der Waals surface area contributed by atoms with Crippen molar-refractivity contribution in [1.82, 2.24) is 0 Å². The molecule has 0 N–H and O–H groups in total. The molecular formula is C3H9BF4O. The van der Waals surface area contributed by atoms with Gasteiger partial charge in [-0.3, -0.25) is 0 Å². The summed E-state index contributed by atoms with van der Waals surface area (Å²) in [6, 6.07) is 0. The highest BCUT2D eigenvalue weighted by Gasteiger charge is 2.20. The molecule has 0 aromatic carbocycles. The molecule has 0 aliphatic carbocycles. The fraction of sp³-hybridized carbons (Fsp3) is 1.00. The second-order valence-corrected chi connectivity index (χ2v) is 1.72. The molecule has 0 aliphatic heterocycles. The SMILES string of the molecule is C[O+](C)C.F[B-](F)(F)F. The summed E-state index contributed by atoms with van der Waals surface area (Å²) in [6.45, 7) is 0. The molecule has 1 nitrogen and oxygen atoms in total. The minimum absolute atomic E-state index is 1.92. The molecule has 58 valence electrons. The standard InChI is InChI=1S/C3H9O.BF4/c1-4(2)3;2-1(3,4)5/h1-3H3;/q+1;-1. The quantitative estimate of drug-likeness (QED) is 0.279. The summed E-state index contributed by atoms with van der Waals surface area (Å²) in [5.41, 5.74) is 0. The minimum atomic E-state index is -6.00. The Balaban J connectivity index is 0. The predicted octanol–water partition coefficient (Wildman–Crippen LogP) is 1.73. The Morgan fingerprint density at radius 3 is 0.889 bits per heavy atom. The van der Waals surface area contributed by atoms with Gasteiger partial charge in [0.25, 0.3) is 0 Å². The van der Waals surface area contributed by atoms with Crippen LogP contribution in [-0.4, -0.2) is 28.6 Å². The van der Waals surface area contributed by atoms with E-state index < -0.39 is 7.25 Å². The molecule has 0 saturated carbocycles. The maximum atomic E-state index is 9.75. The van der Waals surface area contributed by atoms with Gasteiger partial charge in [-0.05, 0) is 0 Å². The summed E-state index contributed by atoms with van der Waals surface area (Å²) in [4.78, 5) is 0. The lowest BCUT2D eigenvalue weighted by molar-refractivity contribution is -0.00282. The van der Waals surface area contributed by atoms with Gasteiger partial charge in [0, 0.05) is 0 Å². The van der Waals surface area contributed by atoms with Crippen LogP contribution in [0.25, 0.3) is 0 Å². The van der Waals surface area contributed by atoms with Crippen LogP contribution in [0.4, 0.5) is 17.3 Å². The zero-order valence-electron chi connectivity index (χ0n) is 5.50. The van der Waals surface area contributed by atoms with Gasteiger partial charge in [0.05, 0.1) is 0 Å². The molecule has 0 heterocycles. The molecule has 0 bridgehead atoms. The van der Waals surface area contributed by atoms with Gasteiger partial charge in [-0.2, -0.15) is 0 Å². The van der Waals surface area contributed by atoms with Crippen molar-refractivity contribution >= 4 is 7.25 Å². The highest BCUT2D eigenvalue weighted by molar-refractivity contribution is 6.50. The van der Waals surface area contributed by atoms with Crippen LogP contribution in [0, 0.1) is 0 Å². The van der Waals surface area contributed by atoms with Gasteiger partial charge in [0.2, 0.25) is 0 Å². The molecule has 0 aromatic rings. The predicted molar refractivity (Wildman–Crippen MR) is 29.0 cm³/mol. The zero-order chi connectivity index (χ0) is 8.08. The van der Waals surface area contributed by atoms with Crippen molar-refractivity contribution in [2.45, 2.75) is 0 Å². The van der Waals surface area contributed by atoms with Crippen LogP contribution in [0.5, 0.6) is 0 Å². The van der Waals surface area contributed by atoms with Crippen molar-refractivity contribution in [1.29, 1.82) is 0 Å². The number of rotatable bonds is 0. The van der Waals surface area contributed by atoms with Crippen LogP contribution >= 0.6 is 0 Å². The highest BCUT2D eigenvalue weighted by Crippen LogP contribution is 2.06. The fourth-order valence-electron chi connectivity index (χ4n) is 0. The van der Waals surface area contributed by atoms with Gasteiger partial charge >= 0.3 is 7.25 Å². The largest absolute Gasteiger partial charge is 0.673 e. The Hall–Kier alpha value is -0.255. The lowest BCUT2D eigenvalue weighted by atomic mass is 10.3. The van der Waals surface area contributed by atoms with Crippen molar-refractivity contribution in [2.75, 3.05) is 21.3 Å². The van der Waals surface area contributed by atoms with Gasteiger partial charge < -0.3 is 21.6 Å². The summed E-state index contributed by atoms with van der Waals surface area (Å²) in [7, 11) is -0.250. The molecule has 0 saturated heterocycles. The van der Waals surface area contributed by atoms with E-state index in [0.29, 0.717) is 0 Å². The molecule has 0 atom stereocenters. The molecule has 0 aromatic heterocycles. The third-order valence-corrected chi connectivity index (χ3v) is 0. The molecule has 0 amide bonds. The van der Waals surface area contributed by atoms with Crippen LogP contribution in [0.1, 0.15) is 0 Å². The lowest BCUT2D eigenvalue weighted by Gasteiger charge is -1.94. The van der Waals surface area contributed by atoms with Crippen molar-refractivity contribution in [2.24, 2.45) is 0 Å². The fourth-order valence-corrected chi connectivity index (χ4v) is 0. The van der Waals surface area contributed by atoms with Crippen molar-refractivity contribution in [3.05, 3.63) is 0 Å². The Morgan fingerprint density at radius 1 is 0.889 bits per heavy atom. The van der Waals surface area contributed by atoms with Gasteiger partial charge in [0.1, 0.15) is 21.3 Å². The molecule has 0 rings (SSSR count). The van der Waals surface area contributed by atoms with Crippen LogP contribution < -0.4 is 0 Å². The van der Waals surface area contributed by atoms with E-state index in [0.717, 1.165) is 0 Å². The van der Waals surface area contributed by atoms with Crippen molar-refractivity contribution in [3.63, 3.8) is 0 Å². The smallest absolute Gasteiger partial charge is 0.429 e. The van der Waals surface area contributed by atoms with E-state index in [1.54, 1.807) is 0 Å². The molecule has 0 aliphatic rings. The third-order valence-electron chi connectivity index (χ3n) is 0. The second-order valence-electron chi connectivity index (χ2n) is 1.72. The average Bonchev–Trinajstić information content (AvgIpc) is 1.19. The normalized spacial score (nSPS) is 10.7. The molecule has 6 heteroatoms. The van der Waals surface area contributed by atoms with Gasteiger partial charge in [-0.15, -0.1) is 0 Å². The van der Waals surface area contributed by atoms with Crippen molar-refractivity contribution < 1.29 is 21.6 Å². The molecule has 0 fully saturated rings. The summed E-state index contributed by atoms with van der Waals surface area (Å²) in [5.74, 6) is 0. The number of halogens is 4. The number of hydrogen-bond donors (Lipinski definition) is 0. The molecule has 9 heavy (non-hydrogen) atoms. The molecule has 0 radical (unpaired) electrons. The first-order valence-corrected chi connectivity index (χ1v) is 2.10. The second kappa shape index (κ2) is 4.61. The van der Waals surface area contributed by atoms with E-state index in [2.05, 4.69) is 4.37 Å². The average molecular weight is 148 g/mol. The highest BCUT2D eigenvalue weighted by atomic mass is 19.5. The van der Waals surface area contributed by atoms with Crippen LogP contribution in [0.15, 0.2) is 0 Å². The minimum Gasteiger partial charge on any atom is -0.429 e. The summed E-state index contributed by atoms with van der Waals surface area (Å²) in [6.07, 6.45) is 0. The van der Waals surface area contributed by atoms with E-state index in [1.165, 1.54) is 0 Å². The Labute approximate surface area is 51.4 Å². The monoisotopic (exact) mass is 148 g/mol. The van der Waals surface area contributed by atoms with Crippen LogP contribution in [0.2, 0.25) is 0 Å². The lowest BCUT2D eigenvalue weighted by Crippen LogP contribution is -2.02. The summed E-state index contributed by atoms with van der Waals surface area (Å²) >= 11 is 0. The van der Waals surface area contributed by atoms with Crippen LogP contribution in [0.3, 0.4) is 0 Å². The first-order chi connectivity index (χ1) is 3.73. The van der Waals surface area contributed by atoms with E-state index >= 15 is 0 Å². The third kappa shape index (κ3) is 3930. The summed E-state index contributed by atoms with van der Waals surface area (Å²) < 4.78 is 41.6. The van der Waals surface area contributed by atoms with Crippen molar-refractivity contribution in [3.8, 4) is 0 Å². The van der Waals surface area contributed by atoms with E-state index in [4.69, 9.17) is 0 Å². The van der Waals surface area contributed by atoms with Gasteiger partial charge in [0.15, 0.2) is 0 Å². The number of hydrogen-bond acceptors (Lipinski definition) is 0. The molecular weight excluding hydrogens is 139 g/mol. The Bertz CT molecular complexity index is 52.6. The van der Waals surface area contributed by atoms with E-state index in [9.17, 15) is 17.3 Å². The summed E-state index contributed by atoms with van der Waals surface area (Å²) in [5, 5.41) is 0. The molecule has 0 unspecified atom stereocenters. The maximum Gasteiger partial charge on any atom is 0.673 e. The first kappa shape index (κ1) is 11.5.